The van der Waals surface area contributed by atoms with Crippen molar-refractivity contribution in [2.24, 2.45) is 20.5 Å². The summed E-state index contributed by atoms with van der Waals surface area (Å²) in [6.45, 7) is 2.21. The number of Topliss-reactive ketones (excluding diaryl/α,β-unsaturated/α-hetero) is 2. The quantitative estimate of drug-likeness (QED) is 0.0630. The van der Waals surface area contributed by atoms with Gasteiger partial charge in [0.05, 0.1) is 32.8 Å². The number of nitrogens with one attached hydrogen (secondary N) is 4. The van der Waals surface area contributed by atoms with Crippen molar-refractivity contribution in [1.82, 2.24) is 0 Å². The normalized spacial score (nSPS) is 12.2. The summed E-state index contributed by atoms with van der Waals surface area (Å²) in [4.78, 5) is 77.5. The van der Waals surface area contributed by atoms with E-state index in [1.807, 2.05) is 0 Å². The van der Waals surface area contributed by atoms with Crippen LogP contribution in [0, 0.1) is 0 Å². The number of carbonyl (C=O) groups is 6. The molecule has 0 aliphatic rings. The lowest BCUT2D eigenvalue weighted by molar-refractivity contribution is -0.127. The largest absolute Gasteiger partial charge is 0.322 e. The van der Waals surface area contributed by atoms with Crippen LogP contribution < -0.4 is 21.3 Å². The van der Waals surface area contributed by atoms with Crippen LogP contribution in [0.3, 0.4) is 0 Å². The molecule has 2 atom stereocenters. The molecule has 0 fully saturated rings. The van der Waals surface area contributed by atoms with Crippen LogP contribution in [0.4, 0.5) is 34.1 Å². The molecule has 0 aromatic heterocycles. The second kappa shape index (κ2) is 21.3. The molecule has 62 heavy (non-hydrogen) atoms. The van der Waals surface area contributed by atoms with Crippen LogP contribution in [0.1, 0.15) is 34.6 Å². The number of carbonyl (C=O) groups excluding carboxylic acids is 6. The molecule has 0 aliphatic carbocycles. The van der Waals surface area contributed by atoms with Gasteiger partial charge in [-0.3, -0.25) is 28.8 Å². The Labute approximate surface area is 392 Å². The molecule has 2 unspecified atom stereocenters. The highest BCUT2D eigenvalue weighted by Gasteiger charge is 2.27. The summed E-state index contributed by atoms with van der Waals surface area (Å²) in [6, 6.07) is 16.0. The zero-order chi connectivity index (χ0) is 45.4. The molecule has 5 aromatic rings. The lowest BCUT2D eigenvalue weighted by Crippen LogP contribution is -2.32. The molecule has 0 saturated heterocycles. The van der Waals surface area contributed by atoms with Crippen molar-refractivity contribution >= 4 is 162 Å². The number of hydrogen-bond acceptors (Lipinski definition) is 10. The summed E-state index contributed by atoms with van der Waals surface area (Å²) in [5.74, 6) is -4.51. The van der Waals surface area contributed by atoms with Gasteiger partial charge in [-0.1, -0.05) is 92.8 Å². The van der Waals surface area contributed by atoms with Crippen molar-refractivity contribution in [2.75, 3.05) is 21.3 Å². The van der Waals surface area contributed by atoms with E-state index in [0.717, 1.165) is 13.8 Å². The summed E-state index contributed by atoms with van der Waals surface area (Å²) < 4.78 is 0. The van der Waals surface area contributed by atoms with Gasteiger partial charge in [0.25, 0.3) is 23.6 Å². The standard InChI is InChI=1S/C40H26Cl8N8O6/c1-17(57)35(55-53-29-5-19(3-21(41)13-29)37(59)49-27-9-23(43)7-24(44)10-27)39(61)51-33-15-32(48)34(16-31(33)47)52-40(62)36(18(2)58)56-54-30-6-20(4-22(42)14-30)38(60)50-28-11-25(45)8-26(46)12-28/h3-16,35-36H,1-2H3,(H,49,59)(H,50,60)(H,51,61)(H,52,62). The highest BCUT2D eigenvalue weighted by atomic mass is 35.5. The number of ketones is 2. The van der Waals surface area contributed by atoms with Crippen molar-refractivity contribution in [2.45, 2.75) is 25.9 Å². The highest BCUT2D eigenvalue weighted by Crippen LogP contribution is 2.34. The average Bonchev–Trinajstić information content (AvgIpc) is 3.15. The second-order valence-corrected chi connectivity index (χ2v) is 16.3. The topological polar surface area (TPSA) is 200 Å². The predicted octanol–water partition coefficient (Wildman–Crippen LogP) is 12.8. The highest BCUT2D eigenvalue weighted by molar-refractivity contribution is 6.39. The molecule has 0 bridgehead atoms. The molecular weight excluding hydrogens is 972 g/mol. The molecule has 5 rings (SSSR count). The second-order valence-electron chi connectivity index (χ2n) is 12.9. The fourth-order valence-electron chi connectivity index (χ4n) is 5.21. The molecule has 0 radical (unpaired) electrons. The third-order valence-corrected chi connectivity index (χ3v) is 9.88. The van der Waals surface area contributed by atoms with Crippen molar-refractivity contribution in [3.8, 4) is 0 Å². The van der Waals surface area contributed by atoms with E-state index in [2.05, 4.69) is 41.7 Å². The van der Waals surface area contributed by atoms with Gasteiger partial charge in [0.2, 0.25) is 12.1 Å². The van der Waals surface area contributed by atoms with Gasteiger partial charge in [-0.2, -0.15) is 20.5 Å². The Morgan fingerprint density at radius 1 is 0.419 bits per heavy atom. The number of rotatable bonds is 14. The van der Waals surface area contributed by atoms with Crippen LogP contribution in [0.5, 0.6) is 0 Å². The fraction of sp³-hybridized carbons (Fsp3) is 0.100. The molecule has 4 amide bonds. The van der Waals surface area contributed by atoms with Crippen LogP contribution >= 0.6 is 92.8 Å². The summed E-state index contributed by atoms with van der Waals surface area (Å²) in [5.41, 5.74) is 0.686. The maximum atomic E-state index is 13.3. The Morgan fingerprint density at radius 3 is 1.06 bits per heavy atom. The number of amides is 4. The Hall–Kier alpha value is -5.16. The molecule has 0 heterocycles. The monoisotopic (exact) mass is 994 g/mol. The molecule has 0 aliphatic heterocycles. The van der Waals surface area contributed by atoms with E-state index < -0.39 is 47.3 Å². The van der Waals surface area contributed by atoms with Crippen LogP contribution in [0.25, 0.3) is 0 Å². The van der Waals surface area contributed by atoms with Gasteiger partial charge >= 0.3 is 0 Å². The van der Waals surface area contributed by atoms with E-state index in [4.69, 9.17) is 92.8 Å². The molecule has 4 N–H and O–H groups in total. The van der Waals surface area contributed by atoms with Gasteiger partial charge in [0, 0.05) is 52.6 Å². The first-order valence-electron chi connectivity index (χ1n) is 17.3. The number of nitrogens with zero attached hydrogens (tertiary/aromatic N) is 4. The minimum Gasteiger partial charge on any atom is -0.322 e. The third kappa shape index (κ3) is 13.4. The number of benzene rings is 5. The van der Waals surface area contributed by atoms with Crippen LogP contribution in [-0.4, -0.2) is 47.3 Å². The van der Waals surface area contributed by atoms with E-state index in [-0.39, 0.29) is 54.0 Å². The van der Waals surface area contributed by atoms with E-state index in [0.29, 0.717) is 31.5 Å². The summed E-state index contributed by atoms with van der Waals surface area (Å²) >= 11 is 49.4. The van der Waals surface area contributed by atoms with Gasteiger partial charge in [-0.15, -0.1) is 0 Å². The zero-order valence-corrected chi connectivity index (χ0v) is 37.5. The van der Waals surface area contributed by atoms with Crippen molar-refractivity contribution in [3.63, 3.8) is 0 Å². The van der Waals surface area contributed by atoms with E-state index >= 15 is 0 Å². The van der Waals surface area contributed by atoms with Gasteiger partial charge in [-0.05, 0) is 98.8 Å². The Bertz CT molecular complexity index is 2490. The van der Waals surface area contributed by atoms with Crippen molar-refractivity contribution in [1.29, 1.82) is 0 Å². The van der Waals surface area contributed by atoms with Gasteiger partial charge < -0.3 is 21.3 Å². The molecule has 14 nitrogen and oxygen atoms in total. The minimum atomic E-state index is -1.69. The molecule has 318 valence electrons. The fourth-order valence-corrected chi connectivity index (χ4v) is 7.14. The van der Waals surface area contributed by atoms with Crippen LogP contribution in [0.2, 0.25) is 40.2 Å². The van der Waals surface area contributed by atoms with Crippen molar-refractivity contribution < 1.29 is 28.8 Å². The zero-order valence-electron chi connectivity index (χ0n) is 31.5. The summed E-state index contributed by atoms with van der Waals surface area (Å²) in [6.07, 6.45) is 0. The van der Waals surface area contributed by atoms with Gasteiger partial charge in [-0.25, -0.2) is 0 Å². The lowest BCUT2D eigenvalue weighted by atomic mass is 10.1. The molecule has 5 aromatic carbocycles. The maximum Gasteiger partial charge on any atom is 0.258 e. The lowest BCUT2D eigenvalue weighted by Gasteiger charge is -2.15. The number of anilines is 4. The smallest absolute Gasteiger partial charge is 0.258 e. The Morgan fingerprint density at radius 2 is 0.742 bits per heavy atom. The number of hydrogen-bond donors (Lipinski definition) is 4. The maximum absolute atomic E-state index is 13.3. The van der Waals surface area contributed by atoms with E-state index in [1.54, 1.807) is 0 Å². The van der Waals surface area contributed by atoms with E-state index in [9.17, 15) is 28.8 Å². The first kappa shape index (κ1) is 47.9. The van der Waals surface area contributed by atoms with Gasteiger partial charge in [0.1, 0.15) is 0 Å². The Kier molecular flexibility index (Phi) is 16.4. The number of halogens is 8. The number of azo groups is 2. The Balaban J connectivity index is 1.26. The first-order valence-corrected chi connectivity index (χ1v) is 20.4. The summed E-state index contributed by atoms with van der Waals surface area (Å²) in [7, 11) is 0. The molecule has 0 spiro atoms. The van der Waals surface area contributed by atoms with E-state index in [1.165, 1.54) is 84.9 Å². The summed E-state index contributed by atoms with van der Waals surface area (Å²) in [5, 5.41) is 27.0. The van der Waals surface area contributed by atoms with Gasteiger partial charge in [0.15, 0.2) is 11.6 Å². The van der Waals surface area contributed by atoms with Crippen LogP contribution in [0.15, 0.2) is 105 Å². The van der Waals surface area contributed by atoms with Crippen molar-refractivity contribution in [3.05, 3.63) is 136 Å². The average molecular weight is 998 g/mol. The predicted molar refractivity (Wildman–Crippen MR) is 243 cm³/mol. The molecular formula is C40H26Cl8N8O6. The molecule has 0 saturated carbocycles. The third-order valence-electron chi connectivity index (χ3n) is 7.95. The molecule has 22 heteroatoms. The minimum absolute atomic E-state index is 0.0381. The SMILES string of the molecule is CC(=O)C(N=Nc1cc(Cl)cc(C(=O)Nc2cc(Cl)cc(Cl)c2)c1)C(=O)Nc1cc(Cl)c(NC(=O)C(N=Nc2cc(Cl)cc(C(=O)Nc3cc(Cl)cc(Cl)c3)c2)C(C)=O)cc1Cl. The first-order chi connectivity index (χ1) is 29.2. The van der Waals surface area contributed by atoms with Crippen LogP contribution in [-0.2, 0) is 19.2 Å².